The van der Waals surface area contributed by atoms with Gasteiger partial charge in [-0.25, -0.2) is 14.4 Å². The molecule has 3 rings (SSSR count). The van der Waals surface area contributed by atoms with Crippen LogP contribution in [0.3, 0.4) is 0 Å². The number of aromatic nitrogens is 3. The number of rotatable bonds is 5. The molecule has 0 aromatic carbocycles. The normalized spacial score (nSPS) is 19.5. The van der Waals surface area contributed by atoms with E-state index in [1.807, 2.05) is 6.07 Å². The van der Waals surface area contributed by atoms with Crippen molar-refractivity contribution >= 4 is 11.6 Å². The second-order valence-electron chi connectivity index (χ2n) is 6.02. The Balaban J connectivity index is 1.83. The summed E-state index contributed by atoms with van der Waals surface area (Å²) in [5, 5.41) is 14.9. The van der Waals surface area contributed by atoms with Crippen molar-refractivity contribution in [1.29, 1.82) is 5.26 Å². The molecule has 4 N–H and O–H groups in total. The second kappa shape index (κ2) is 7.84. The summed E-state index contributed by atoms with van der Waals surface area (Å²) in [6.45, 7) is 0.960. The molecular formula is C17H18FN7O. The van der Waals surface area contributed by atoms with E-state index in [2.05, 4.69) is 25.6 Å². The van der Waals surface area contributed by atoms with Crippen LogP contribution in [0.2, 0.25) is 0 Å². The third-order valence-corrected chi connectivity index (χ3v) is 4.15. The molecule has 134 valence electrons. The lowest BCUT2D eigenvalue weighted by molar-refractivity contribution is 0.100. The lowest BCUT2D eigenvalue weighted by Gasteiger charge is -2.29. The quantitative estimate of drug-likeness (QED) is 0.714. The molecule has 3 heterocycles. The number of anilines is 1. The number of nitrogens with one attached hydrogen (secondary N) is 2. The summed E-state index contributed by atoms with van der Waals surface area (Å²) in [5.41, 5.74) is 7.04. The predicted octanol–water partition coefficient (Wildman–Crippen LogP) is 0.545. The molecule has 2 aromatic heterocycles. The van der Waals surface area contributed by atoms with Gasteiger partial charge in [0.2, 0.25) is 0 Å². The number of piperidine rings is 1. The van der Waals surface area contributed by atoms with Crippen LogP contribution in [0.5, 0.6) is 0 Å². The van der Waals surface area contributed by atoms with Gasteiger partial charge in [-0.2, -0.15) is 5.26 Å². The zero-order chi connectivity index (χ0) is 18.5. The van der Waals surface area contributed by atoms with Gasteiger partial charge in [0, 0.05) is 25.1 Å². The van der Waals surface area contributed by atoms with E-state index in [-0.39, 0.29) is 12.1 Å². The lowest BCUT2D eigenvalue weighted by Crippen LogP contribution is -2.45. The average Bonchev–Trinajstić information content (AvgIpc) is 2.64. The molecule has 1 saturated heterocycles. The number of nitrogens with zero attached hydrogens (tertiary/aromatic N) is 4. The summed E-state index contributed by atoms with van der Waals surface area (Å²) in [4.78, 5) is 24.1. The summed E-state index contributed by atoms with van der Waals surface area (Å²) >= 11 is 0. The maximum Gasteiger partial charge on any atom is 0.252 e. The number of hydrogen-bond donors (Lipinski definition) is 3. The van der Waals surface area contributed by atoms with Gasteiger partial charge in [-0.1, -0.05) is 0 Å². The van der Waals surface area contributed by atoms with Crippen molar-refractivity contribution in [3.8, 4) is 6.07 Å². The Bertz CT molecular complexity index is 834. The van der Waals surface area contributed by atoms with E-state index in [1.165, 1.54) is 18.6 Å². The van der Waals surface area contributed by atoms with E-state index in [0.717, 1.165) is 0 Å². The van der Waals surface area contributed by atoms with Crippen molar-refractivity contribution in [2.24, 2.45) is 5.73 Å². The van der Waals surface area contributed by atoms with Crippen LogP contribution in [0, 0.1) is 11.3 Å². The van der Waals surface area contributed by atoms with E-state index < -0.39 is 18.1 Å². The van der Waals surface area contributed by atoms with Crippen molar-refractivity contribution in [3.05, 3.63) is 47.3 Å². The molecule has 1 aliphatic heterocycles. The Morgan fingerprint density at radius 1 is 1.38 bits per heavy atom. The molecule has 1 amide bonds. The highest BCUT2D eigenvalue weighted by Gasteiger charge is 2.25. The van der Waals surface area contributed by atoms with Crippen molar-refractivity contribution < 1.29 is 9.18 Å². The third kappa shape index (κ3) is 4.10. The number of nitriles is 1. The van der Waals surface area contributed by atoms with Crippen molar-refractivity contribution in [2.75, 3.05) is 18.4 Å². The maximum atomic E-state index is 14.1. The minimum absolute atomic E-state index is 0.209. The molecule has 8 nitrogen and oxygen atoms in total. The molecule has 0 radical (unpaired) electrons. The van der Waals surface area contributed by atoms with Crippen molar-refractivity contribution in [2.45, 2.75) is 25.1 Å². The molecule has 9 heteroatoms. The van der Waals surface area contributed by atoms with Crippen LogP contribution < -0.4 is 16.4 Å². The standard InChI is InChI=1S/C17H18FN7O/c18-13-9-21-2-1-14(13)25-15-3-11(22-8-12(15)17(20)26)4-16-23-6-10(5-19)7-24-16/h3,6-8,13-14,21H,1-2,4,9H2,(H2,20,26)(H,22,25)/t13-,14+/m0/s1. The smallest absolute Gasteiger partial charge is 0.252 e. The van der Waals surface area contributed by atoms with Crippen LogP contribution in [-0.4, -0.2) is 46.2 Å². The van der Waals surface area contributed by atoms with Gasteiger partial charge in [-0.15, -0.1) is 0 Å². The third-order valence-electron chi connectivity index (χ3n) is 4.15. The molecule has 26 heavy (non-hydrogen) atoms. The summed E-state index contributed by atoms with van der Waals surface area (Å²) in [6, 6.07) is 3.21. The Morgan fingerprint density at radius 2 is 2.15 bits per heavy atom. The Kier molecular flexibility index (Phi) is 5.34. The summed E-state index contributed by atoms with van der Waals surface area (Å²) in [5.74, 6) is -0.148. The first-order chi connectivity index (χ1) is 12.6. The van der Waals surface area contributed by atoms with Gasteiger partial charge in [0.15, 0.2) is 0 Å². The Morgan fingerprint density at radius 3 is 2.81 bits per heavy atom. The number of amides is 1. The molecule has 0 unspecified atom stereocenters. The number of hydrogen-bond acceptors (Lipinski definition) is 7. The minimum Gasteiger partial charge on any atom is -0.379 e. The fourth-order valence-electron chi connectivity index (χ4n) is 2.76. The van der Waals surface area contributed by atoms with Crippen LogP contribution in [0.15, 0.2) is 24.7 Å². The van der Waals surface area contributed by atoms with Gasteiger partial charge in [-0.05, 0) is 19.0 Å². The van der Waals surface area contributed by atoms with Crippen molar-refractivity contribution in [1.82, 2.24) is 20.3 Å². The number of nitrogens with two attached hydrogens (primary N) is 1. The van der Waals surface area contributed by atoms with Crippen LogP contribution in [0.1, 0.15) is 33.9 Å². The molecule has 0 bridgehead atoms. The summed E-state index contributed by atoms with van der Waals surface area (Å²) in [7, 11) is 0. The SMILES string of the molecule is N#Cc1cnc(Cc2cc(N[C@@H]3CCNC[C@@H]3F)c(C(N)=O)cn2)nc1. The summed E-state index contributed by atoms with van der Waals surface area (Å²) < 4.78 is 14.1. The molecule has 2 aromatic rings. The topological polar surface area (TPSA) is 130 Å². The number of halogens is 1. The van der Waals surface area contributed by atoms with Crippen LogP contribution in [0.25, 0.3) is 0 Å². The fourth-order valence-corrected chi connectivity index (χ4v) is 2.76. The highest BCUT2D eigenvalue weighted by atomic mass is 19.1. The second-order valence-corrected chi connectivity index (χ2v) is 6.02. The number of primary amides is 1. The maximum absolute atomic E-state index is 14.1. The highest BCUT2D eigenvalue weighted by molar-refractivity contribution is 5.98. The van der Waals surface area contributed by atoms with Gasteiger partial charge in [-0.3, -0.25) is 9.78 Å². The van der Waals surface area contributed by atoms with Crippen LogP contribution >= 0.6 is 0 Å². The Labute approximate surface area is 149 Å². The minimum atomic E-state index is -1.07. The predicted molar refractivity (Wildman–Crippen MR) is 92.1 cm³/mol. The number of carbonyl (C=O) groups is 1. The average molecular weight is 355 g/mol. The van der Waals surface area contributed by atoms with Gasteiger partial charge >= 0.3 is 0 Å². The first-order valence-corrected chi connectivity index (χ1v) is 8.18. The van der Waals surface area contributed by atoms with Crippen molar-refractivity contribution in [3.63, 3.8) is 0 Å². The molecule has 0 saturated carbocycles. The molecule has 1 fully saturated rings. The van der Waals surface area contributed by atoms with Gasteiger partial charge in [0.1, 0.15) is 18.1 Å². The zero-order valence-electron chi connectivity index (χ0n) is 13.9. The van der Waals surface area contributed by atoms with Gasteiger partial charge in [0.05, 0.1) is 35.0 Å². The largest absolute Gasteiger partial charge is 0.379 e. The monoisotopic (exact) mass is 355 g/mol. The van der Waals surface area contributed by atoms with E-state index >= 15 is 0 Å². The summed E-state index contributed by atoms with van der Waals surface area (Å²) in [6.07, 6.45) is 4.07. The lowest BCUT2D eigenvalue weighted by atomic mass is 10.0. The van der Waals surface area contributed by atoms with Gasteiger partial charge in [0.25, 0.3) is 5.91 Å². The molecule has 2 atom stereocenters. The zero-order valence-corrected chi connectivity index (χ0v) is 13.9. The molecule has 1 aliphatic rings. The molecular weight excluding hydrogens is 337 g/mol. The highest BCUT2D eigenvalue weighted by Crippen LogP contribution is 2.21. The first-order valence-electron chi connectivity index (χ1n) is 8.18. The number of alkyl halides is 1. The number of carbonyl (C=O) groups excluding carboxylic acids is 1. The van der Waals surface area contributed by atoms with E-state index in [9.17, 15) is 9.18 Å². The fraction of sp³-hybridized carbons (Fsp3) is 0.353. The molecule has 0 aliphatic carbocycles. The molecule has 0 spiro atoms. The van der Waals surface area contributed by atoms with Crippen LogP contribution in [0.4, 0.5) is 10.1 Å². The first kappa shape index (κ1) is 17.7. The Hall–Kier alpha value is -3.12. The van der Waals surface area contributed by atoms with E-state index in [0.29, 0.717) is 42.2 Å². The van der Waals surface area contributed by atoms with E-state index in [1.54, 1.807) is 6.07 Å². The van der Waals surface area contributed by atoms with Gasteiger partial charge < -0.3 is 16.4 Å². The number of pyridine rings is 1. The van der Waals surface area contributed by atoms with E-state index in [4.69, 9.17) is 11.0 Å². The van der Waals surface area contributed by atoms with Crippen LogP contribution in [-0.2, 0) is 6.42 Å².